The molecule has 0 saturated carbocycles. The Balaban J connectivity index is 2.82. The zero-order valence-electron chi connectivity index (χ0n) is 8.01. The van der Waals surface area contributed by atoms with Crippen LogP contribution in [-0.4, -0.2) is 23.0 Å². The van der Waals surface area contributed by atoms with E-state index < -0.39 is 17.9 Å². The normalized spacial score (nSPS) is 12.1. The van der Waals surface area contributed by atoms with Gasteiger partial charge < -0.3 is 16.6 Å². The van der Waals surface area contributed by atoms with Gasteiger partial charge in [0.25, 0.3) is 0 Å². The maximum atomic E-state index is 10.7. The third-order valence-electron chi connectivity index (χ3n) is 1.99. The van der Waals surface area contributed by atoms with Gasteiger partial charge in [0, 0.05) is 0 Å². The quantitative estimate of drug-likeness (QED) is 0.633. The molecule has 0 heterocycles. The predicted octanol–water partition coefficient (Wildman–Crippen LogP) is -0.260. The number of carbonyl (C=O) groups excluding carboxylic acids is 1. The van der Waals surface area contributed by atoms with Gasteiger partial charge in [-0.15, -0.1) is 0 Å². The number of amides is 1. The third kappa shape index (κ3) is 3.07. The highest BCUT2D eigenvalue weighted by molar-refractivity contribution is 5.87. The molecule has 0 bridgehead atoms. The Morgan fingerprint density at radius 3 is 2.60 bits per heavy atom. The van der Waals surface area contributed by atoms with Crippen molar-refractivity contribution in [3.8, 4) is 0 Å². The molecule has 0 aliphatic carbocycles. The smallest absolute Gasteiger partial charge is 0.335 e. The van der Waals surface area contributed by atoms with Crippen LogP contribution < -0.4 is 11.5 Å². The number of rotatable bonds is 4. The zero-order chi connectivity index (χ0) is 11.4. The lowest BCUT2D eigenvalue weighted by molar-refractivity contribution is -0.119. The fourth-order valence-electron chi connectivity index (χ4n) is 1.19. The van der Waals surface area contributed by atoms with E-state index in [-0.39, 0.29) is 12.0 Å². The van der Waals surface area contributed by atoms with Crippen molar-refractivity contribution >= 4 is 11.9 Å². The highest BCUT2D eigenvalue weighted by atomic mass is 16.4. The average Bonchev–Trinajstić information content (AvgIpc) is 2.18. The lowest BCUT2D eigenvalue weighted by atomic mass is 10.0. The first kappa shape index (κ1) is 11.2. The van der Waals surface area contributed by atoms with E-state index in [2.05, 4.69) is 0 Å². The molecule has 1 aromatic rings. The molecule has 5 N–H and O–H groups in total. The van der Waals surface area contributed by atoms with E-state index in [1.54, 1.807) is 12.1 Å². The Labute approximate surface area is 86.7 Å². The van der Waals surface area contributed by atoms with Gasteiger partial charge in [0.05, 0.1) is 11.6 Å². The lowest BCUT2D eigenvalue weighted by Crippen LogP contribution is -2.38. The van der Waals surface area contributed by atoms with Crippen LogP contribution in [0, 0.1) is 0 Å². The van der Waals surface area contributed by atoms with Gasteiger partial charge in [-0.25, -0.2) is 4.79 Å². The number of hydrogen-bond donors (Lipinski definition) is 3. The fraction of sp³-hybridized carbons (Fsp3) is 0.200. The van der Waals surface area contributed by atoms with Crippen LogP contribution in [0.2, 0.25) is 0 Å². The Kier molecular flexibility index (Phi) is 3.41. The van der Waals surface area contributed by atoms with Gasteiger partial charge in [0.2, 0.25) is 5.91 Å². The molecule has 0 aliphatic heterocycles. The van der Waals surface area contributed by atoms with Crippen molar-refractivity contribution in [2.24, 2.45) is 11.5 Å². The monoisotopic (exact) mass is 208 g/mol. The van der Waals surface area contributed by atoms with Crippen molar-refractivity contribution in [2.45, 2.75) is 12.5 Å². The molecular formula is C10H12N2O3. The largest absolute Gasteiger partial charge is 0.478 e. The molecule has 1 atom stereocenters. The SMILES string of the molecule is NC(=O)C(N)Cc1cccc(C(=O)O)c1. The molecule has 1 unspecified atom stereocenters. The molecule has 0 aliphatic rings. The molecule has 5 nitrogen and oxygen atoms in total. The van der Waals surface area contributed by atoms with Crippen LogP contribution >= 0.6 is 0 Å². The molecule has 0 radical (unpaired) electrons. The van der Waals surface area contributed by atoms with Crippen LogP contribution in [0.15, 0.2) is 24.3 Å². The van der Waals surface area contributed by atoms with Gasteiger partial charge in [0.15, 0.2) is 0 Å². The van der Waals surface area contributed by atoms with Crippen LogP contribution in [0.25, 0.3) is 0 Å². The van der Waals surface area contributed by atoms with Gasteiger partial charge in [0.1, 0.15) is 0 Å². The molecule has 5 heteroatoms. The predicted molar refractivity (Wildman–Crippen MR) is 54.3 cm³/mol. The molecule has 0 fully saturated rings. The van der Waals surface area contributed by atoms with E-state index in [4.69, 9.17) is 16.6 Å². The third-order valence-corrected chi connectivity index (χ3v) is 1.99. The van der Waals surface area contributed by atoms with Gasteiger partial charge >= 0.3 is 5.97 Å². The van der Waals surface area contributed by atoms with Crippen molar-refractivity contribution in [2.75, 3.05) is 0 Å². The van der Waals surface area contributed by atoms with Crippen molar-refractivity contribution in [3.05, 3.63) is 35.4 Å². The lowest BCUT2D eigenvalue weighted by Gasteiger charge is -2.07. The van der Waals surface area contributed by atoms with Crippen LogP contribution in [-0.2, 0) is 11.2 Å². The first-order chi connectivity index (χ1) is 7.00. The van der Waals surface area contributed by atoms with Crippen molar-refractivity contribution in [1.82, 2.24) is 0 Å². The van der Waals surface area contributed by atoms with Crippen LogP contribution in [0.4, 0.5) is 0 Å². The average molecular weight is 208 g/mol. The molecule has 1 amide bonds. The Morgan fingerprint density at radius 1 is 1.40 bits per heavy atom. The summed E-state index contributed by atoms with van der Waals surface area (Å²) >= 11 is 0. The molecule has 15 heavy (non-hydrogen) atoms. The number of benzene rings is 1. The molecule has 0 saturated heterocycles. The number of carboxylic acid groups (broad SMARTS) is 1. The zero-order valence-corrected chi connectivity index (χ0v) is 8.01. The second kappa shape index (κ2) is 4.56. The van der Waals surface area contributed by atoms with Crippen molar-refractivity contribution < 1.29 is 14.7 Å². The highest BCUT2D eigenvalue weighted by Crippen LogP contribution is 2.07. The summed E-state index contributed by atoms with van der Waals surface area (Å²) in [6.45, 7) is 0. The summed E-state index contributed by atoms with van der Waals surface area (Å²) in [7, 11) is 0. The molecule has 1 rings (SSSR count). The first-order valence-electron chi connectivity index (χ1n) is 4.38. The van der Waals surface area contributed by atoms with E-state index in [1.165, 1.54) is 12.1 Å². The van der Waals surface area contributed by atoms with Gasteiger partial charge in [-0.3, -0.25) is 4.79 Å². The molecular weight excluding hydrogens is 196 g/mol. The maximum absolute atomic E-state index is 10.7. The Morgan fingerprint density at radius 2 is 2.07 bits per heavy atom. The summed E-state index contributed by atoms with van der Waals surface area (Å²) in [5, 5.41) is 8.73. The van der Waals surface area contributed by atoms with Crippen LogP contribution in [0.3, 0.4) is 0 Å². The van der Waals surface area contributed by atoms with E-state index in [0.29, 0.717) is 5.56 Å². The molecule has 80 valence electrons. The number of hydrogen-bond acceptors (Lipinski definition) is 3. The van der Waals surface area contributed by atoms with Crippen molar-refractivity contribution in [1.29, 1.82) is 0 Å². The van der Waals surface area contributed by atoms with Crippen LogP contribution in [0.5, 0.6) is 0 Å². The number of carboxylic acids is 1. The molecule has 1 aromatic carbocycles. The summed E-state index contributed by atoms with van der Waals surface area (Å²) in [5.41, 5.74) is 11.3. The van der Waals surface area contributed by atoms with E-state index in [0.717, 1.165) is 0 Å². The fourth-order valence-corrected chi connectivity index (χ4v) is 1.19. The first-order valence-corrected chi connectivity index (χ1v) is 4.38. The van der Waals surface area contributed by atoms with Gasteiger partial charge in [-0.2, -0.15) is 0 Å². The number of primary amides is 1. The second-order valence-corrected chi connectivity index (χ2v) is 3.22. The minimum atomic E-state index is -1.01. The Bertz CT molecular complexity index is 390. The second-order valence-electron chi connectivity index (χ2n) is 3.22. The minimum Gasteiger partial charge on any atom is -0.478 e. The summed E-state index contributed by atoms with van der Waals surface area (Å²) < 4.78 is 0. The summed E-state index contributed by atoms with van der Waals surface area (Å²) in [6.07, 6.45) is 0.246. The van der Waals surface area contributed by atoms with E-state index in [9.17, 15) is 9.59 Å². The topological polar surface area (TPSA) is 106 Å². The maximum Gasteiger partial charge on any atom is 0.335 e. The molecule has 0 spiro atoms. The van der Waals surface area contributed by atoms with Crippen molar-refractivity contribution in [3.63, 3.8) is 0 Å². The Hall–Kier alpha value is -1.88. The van der Waals surface area contributed by atoms with E-state index >= 15 is 0 Å². The summed E-state index contributed by atoms with van der Waals surface area (Å²) in [5.74, 6) is -1.61. The number of aromatic carboxylic acids is 1. The number of carbonyl (C=O) groups is 2. The highest BCUT2D eigenvalue weighted by Gasteiger charge is 2.11. The summed E-state index contributed by atoms with van der Waals surface area (Å²) in [6, 6.07) is 5.48. The molecule has 0 aromatic heterocycles. The standard InChI is InChI=1S/C10H12N2O3/c11-8(9(12)13)5-6-2-1-3-7(4-6)10(14)15/h1-4,8H,5,11H2,(H2,12,13)(H,14,15). The van der Waals surface area contributed by atoms with Gasteiger partial charge in [-0.1, -0.05) is 12.1 Å². The van der Waals surface area contributed by atoms with Crippen LogP contribution in [0.1, 0.15) is 15.9 Å². The van der Waals surface area contributed by atoms with Gasteiger partial charge in [-0.05, 0) is 24.1 Å². The summed E-state index contributed by atoms with van der Waals surface area (Å²) in [4.78, 5) is 21.4. The van der Waals surface area contributed by atoms with E-state index in [1.807, 2.05) is 0 Å². The minimum absolute atomic E-state index is 0.171. The number of nitrogens with two attached hydrogens (primary N) is 2.